The molecule has 0 saturated carbocycles. The van der Waals surface area contributed by atoms with Gasteiger partial charge in [-0.3, -0.25) is 4.79 Å². The number of para-hydroxylation sites is 1. The van der Waals surface area contributed by atoms with Crippen molar-refractivity contribution < 1.29 is 14.3 Å². The van der Waals surface area contributed by atoms with E-state index in [0.29, 0.717) is 16.6 Å². The third-order valence-electron chi connectivity index (χ3n) is 5.71. The molecule has 0 radical (unpaired) electrons. The summed E-state index contributed by atoms with van der Waals surface area (Å²) in [5.41, 5.74) is 6.24. The van der Waals surface area contributed by atoms with Gasteiger partial charge < -0.3 is 14.6 Å². The molecule has 2 N–H and O–H groups in total. The summed E-state index contributed by atoms with van der Waals surface area (Å²) in [5.74, 6) is -0.346. The first-order valence-electron chi connectivity index (χ1n) is 11.8. The summed E-state index contributed by atoms with van der Waals surface area (Å²) >= 11 is 12.2. The second kappa shape index (κ2) is 12.4. The lowest BCUT2D eigenvalue weighted by Gasteiger charge is -2.18. The third kappa shape index (κ3) is 6.90. The SMILES string of the molecule is CCOC(=O)N[C@@H](CC(=O)N/N=C\c1cn(Cc2ccc(Cl)c(Cl)c2)c2ccccc12)c1ccccc1. The molecule has 0 spiro atoms. The summed E-state index contributed by atoms with van der Waals surface area (Å²) in [7, 11) is 0. The molecule has 0 aliphatic carbocycles. The van der Waals surface area contributed by atoms with Gasteiger partial charge in [-0.25, -0.2) is 10.2 Å². The fraction of sp³-hybridized carbons (Fsp3) is 0.179. The Kier molecular flexibility index (Phi) is 8.82. The van der Waals surface area contributed by atoms with Gasteiger partial charge in [-0.2, -0.15) is 5.10 Å². The minimum Gasteiger partial charge on any atom is -0.450 e. The van der Waals surface area contributed by atoms with Crippen LogP contribution in [0.15, 0.2) is 84.1 Å². The number of alkyl carbamates (subject to hydrolysis) is 1. The number of amides is 2. The Balaban J connectivity index is 1.47. The van der Waals surface area contributed by atoms with Crippen LogP contribution in [-0.4, -0.2) is 29.4 Å². The van der Waals surface area contributed by atoms with Crippen molar-refractivity contribution in [2.75, 3.05) is 6.61 Å². The highest BCUT2D eigenvalue weighted by Gasteiger charge is 2.19. The molecule has 9 heteroatoms. The number of fused-ring (bicyclic) bond motifs is 1. The number of benzene rings is 3. The molecule has 4 rings (SSSR count). The number of rotatable bonds is 9. The zero-order valence-electron chi connectivity index (χ0n) is 20.2. The Labute approximate surface area is 225 Å². The van der Waals surface area contributed by atoms with Crippen LogP contribution in [-0.2, 0) is 16.1 Å². The minimum absolute atomic E-state index is 0.000741. The largest absolute Gasteiger partial charge is 0.450 e. The summed E-state index contributed by atoms with van der Waals surface area (Å²) < 4.78 is 7.07. The van der Waals surface area contributed by atoms with Gasteiger partial charge in [-0.1, -0.05) is 77.8 Å². The highest BCUT2D eigenvalue weighted by atomic mass is 35.5. The Morgan fingerprint density at radius 3 is 2.54 bits per heavy atom. The van der Waals surface area contributed by atoms with Gasteiger partial charge in [0, 0.05) is 29.2 Å². The quantitative estimate of drug-likeness (QED) is 0.194. The standard InChI is InChI=1S/C28H26Cl2N4O3/c1-2-37-28(36)32-25(20-8-4-3-5-9-20)15-27(35)33-31-16-21-18-34(26-11-7-6-10-22(21)26)17-19-12-13-23(29)24(30)14-19/h3-14,16,18,25H,2,15,17H2,1H3,(H,32,36)(H,33,35)/b31-16-/t25-/m0/s1. The van der Waals surface area contributed by atoms with Gasteiger partial charge in [0.1, 0.15) is 0 Å². The first kappa shape index (κ1) is 26.3. The van der Waals surface area contributed by atoms with Crippen molar-refractivity contribution in [2.45, 2.75) is 25.9 Å². The van der Waals surface area contributed by atoms with E-state index >= 15 is 0 Å². The van der Waals surface area contributed by atoms with Crippen LogP contribution in [0.25, 0.3) is 10.9 Å². The van der Waals surface area contributed by atoms with E-state index in [9.17, 15) is 9.59 Å². The number of aromatic nitrogens is 1. The molecule has 4 aromatic rings. The second-order valence-corrected chi connectivity index (χ2v) is 9.12. The van der Waals surface area contributed by atoms with Gasteiger partial charge in [-0.15, -0.1) is 0 Å². The van der Waals surface area contributed by atoms with Crippen LogP contribution in [0.1, 0.15) is 36.1 Å². The number of carbonyl (C=O) groups is 2. The van der Waals surface area contributed by atoms with Crippen molar-refractivity contribution in [1.29, 1.82) is 0 Å². The molecule has 2 amide bonds. The Morgan fingerprint density at radius 1 is 1.03 bits per heavy atom. The predicted molar refractivity (Wildman–Crippen MR) is 147 cm³/mol. The summed E-state index contributed by atoms with van der Waals surface area (Å²) in [4.78, 5) is 24.7. The van der Waals surface area contributed by atoms with Gasteiger partial charge in [0.2, 0.25) is 5.91 Å². The van der Waals surface area contributed by atoms with E-state index < -0.39 is 12.1 Å². The zero-order chi connectivity index (χ0) is 26.2. The van der Waals surface area contributed by atoms with Crippen molar-refractivity contribution in [3.8, 4) is 0 Å². The molecule has 0 saturated heterocycles. The van der Waals surface area contributed by atoms with Gasteiger partial charge in [0.15, 0.2) is 0 Å². The molecule has 1 atom stereocenters. The molecule has 0 bridgehead atoms. The van der Waals surface area contributed by atoms with Gasteiger partial charge in [0.05, 0.1) is 35.3 Å². The van der Waals surface area contributed by atoms with Crippen LogP contribution in [0.2, 0.25) is 10.0 Å². The highest BCUT2D eigenvalue weighted by Crippen LogP contribution is 2.25. The molecule has 37 heavy (non-hydrogen) atoms. The Morgan fingerprint density at radius 2 is 1.78 bits per heavy atom. The highest BCUT2D eigenvalue weighted by molar-refractivity contribution is 6.42. The van der Waals surface area contributed by atoms with Crippen molar-refractivity contribution in [3.05, 3.63) is 106 Å². The zero-order valence-corrected chi connectivity index (χ0v) is 21.7. The number of hydrogen-bond donors (Lipinski definition) is 2. The average Bonchev–Trinajstić information content (AvgIpc) is 3.24. The molecule has 0 aliphatic heterocycles. The maximum atomic E-state index is 12.7. The maximum Gasteiger partial charge on any atom is 0.407 e. The van der Waals surface area contributed by atoms with Gasteiger partial charge in [0.25, 0.3) is 0 Å². The number of hydrazone groups is 1. The van der Waals surface area contributed by atoms with E-state index in [-0.39, 0.29) is 18.9 Å². The third-order valence-corrected chi connectivity index (χ3v) is 6.45. The lowest BCUT2D eigenvalue weighted by atomic mass is 10.0. The minimum atomic E-state index is -0.581. The van der Waals surface area contributed by atoms with E-state index in [2.05, 4.69) is 20.4 Å². The van der Waals surface area contributed by atoms with Crippen molar-refractivity contribution >= 4 is 52.3 Å². The molecule has 0 aliphatic rings. The molecule has 1 aromatic heterocycles. The molecule has 0 fully saturated rings. The predicted octanol–water partition coefficient (Wildman–Crippen LogP) is 6.32. The van der Waals surface area contributed by atoms with Crippen LogP contribution in [0.3, 0.4) is 0 Å². The summed E-state index contributed by atoms with van der Waals surface area (Å²) in [6.45, 7) is 2.55. The van der Waals surface area contributed by atoms with Gasteiger partial charge in [-0.05, 0) is 36.2 Å². The molecule has 190 valence electrons. The Bertz CT molecular complexity index is 1420. The van der Waals surface area contributed by atoms with Crippen LogP contribution in [0.4, 0.5) is 4.79 Å². The number of nitrogens with one attached hydrogen (secondary N) is 2. The van der Waals surface area contributed by atoms with Crippen LogP contribution >= 0.6 is 23.2 Å². The molecule has 1 heterocycles. The number of hydrogen-bond acceptors (Lipinski definition) is 4. The maximum absolute atomic E-state index is 12.7. The summed E-state index contributed by atoms with van der Waals surface area (Å²) in [6.07, 6.45) is 3.00. The Hall–Kier alpha value is -3.81. The molecule has 0 unspecified atom stereocenters. The lowest BCUT2D eigenvalue weighted by Crippen LogP contribution is -2.33. The second-order valence-electron chi connectivity index (χ2n) is 8.30. The first-order valence-corrected chi connectivity index (χ1v) is 12.5. The number of carbonyl (C=O) groups excluding carboxylic acids is 2. The summed E-state index contributed by atoms with van der Waals surface area (Å²) in [6, 6.07) is 22.2. The fourth-order valence-electron chi connectivity index (χ4n) is 4.00. The van der Waals surface area contributed by atoms with E-state index in [4.69, 9.17) is 27.9 Å². The van der Waals surface area contributed by atoms with Crippen molar-refractivity contribution in [2.24, 2.45) is 5.10 Å². The molecular weight excluding hydrogens is 511 g/mol. The summed E-state index contributed by atoms with van der Waals surface area (Å²) in [5, 5.41) is 8.93. The normalized spacial score (nSPS) is 12.0. The van der Waals surface area contributed by atoms with Crippen LogP contribution < -0.4 is 10.7 Å². The molecule has 7 nitrogen and oxygen atoms in total. The van der Waals surface area contributed by atoms with E-state index in [1.54, 1.807) is 19.2 Å². The number of ether oxygens (including phenoxy) is 1. The topological polar surface area (TPSA) is 84.7 Å². The van der Waals surface area contributed by atoms with E-state index in [0.717, 1.165) is 27.6 Å². The number of nitrogens with zero attached hydrogens (tertiary/aromatic N) is 2. The van der Waals surface area contributed by atoms with Gasteiger partial charge >= 0.3 is 6.09 Å². The van der Waals surface area contributed by atoms with Crippen LogP contribution in [0.5, 0.6) is 0 Å². The molecular formula is C28H26Cl2N4O3. The van der Waals surface area contributed by atoms with E-state index in [1.807, 2.05) is 72.9 Å². The fourth-order valence-corrected chi connectivity index (χ4v) is 4.32. The van der Waals surface area contributed by atoms with Crippen molar-refractivity contribution in [1.82, 2.24) is 15.3 Å². The smallest absolute Gasteiger partial charge is 0.407 e. The molecule has 3 aromatic carbocycles. The van der Waals surface area contributed by atoms with Crippen LogP contribution in [0, 0.1) is 0 Å². The monoisotopic (exact) mass is 536 g/mol. The number of halogens is 2. The van der Waals surface area contributed by atoms with Crippen molar-refractivity contribution in [3.63, 3.8) is 0 Å². The average molecular weight is 537 g/mol. The lowest BCUT2D eigenvalue weighted by molar-refractivity contribution is -0.121. The first-order chi connectivity index (χ1) is 17.9. The van der Waals surface area contributed by atoms with E-state index in [1.165, 1.54) is 0 Å².